The largest absolute Gasteiger partial charge is 0.333 e. The van der Waals surface area contributed by atoms with Gasteiger partial charge in [-0.2, -0.15) is 19.0 Å². The van der Waals surface area contributed by atoms with Gasteiger partial charge in [-0.15, -0.1) is 0 Å². The third kappa shape index (κ3) is 3.81. The molecule has 134 valence electrons. The zero-order chi connectivity index (χ0) is 18.1. The first kappa shape index (κ1) is 18.5. The number of aryl methyl sites for hydroxylation is 2. The van der Waals surface area contributed by atoms with Gasteiger partial charge in [-0.1, -0.05) is 6.92 Å². The van der Waals surface area contributed by atoms with Gasteiger partial charge >= 0.3 is 6.55 Å². The van der Waals surface area contributed by atoms with Crippen LogP contribution in [0.3, 0.4) is 0 Å². The van der Waals surface area contributed by atoms with Gasteiger partial charge in [0.15, 0.2) is 0 Å². The third-order valence-electron chi connectivity index (χ3n) is 3.75. The van der Waals surface area contributed by atoms with Crippen molar-refractivity contribution < 1.29 is 17.2 Å². The second kappa shape index (κ2) is 6.98. The van der Waals surface area contributed by atoms with E-state index in [0.29, 0.717) is 11.2 Å². The summed E-state index contributed by atoms with van der Waals surface area (Å²) in [5, 5.41) is 7.76. The number of halogens is 2. The summed E-state index contributed by atoms with van der Waals surface area (Å²) in [6.45, 7) is 4.35. The molecule has 0 saturated heterocycles. The van der Waals surface area contributed by atoms with E-state index in [-0.39, 0.29) is 28.7 Å². The topological polar surface area (TPSA) is 81.8 Å². The standard InChI is InChI=1S/C14H21F2N5O2S/c1-9(8-20-10(2)5-6-17-20)7-18-24(22,23)13-11(3)19-21(12(13)4)14(15)16/h5-6,9,14,18H,7-8H2,1-4H3/t9-/m1/s1. The minimum atomic E-state index is -3.91. The molecule has 2 aromatic rings. The van der Waals surface area contributed by atoms with Crippen molar-refractivity contribution in [3.63, 3.8) is 0 Å². The lowest BCUT2D eigenvalue weighted by Gasteiger charge is -2.14. The molecule has 7 nitrogen and oxygen atoms in total. The molecule has 0 aliphatic heterocycles. The van der Waals surface area contributed by atoms with Crippen molar-refractivity contribution >= 4 is 10.0 Å². The maximum absolute atomic E-state index is 12.8. The monoisotopic (exact) mass is 361 g/mol. The molecule has 0 unspecified atom stereocenters. The highest BCUT2D eigenvalue weighted by molar-refractivity contribution is 7.89. The lowest BCUT2D eigenvalue weighted by atomic mass is 10.2. The van der Waals surface area contributed by atoms with Crippen LogP contribution in [0.25, 0.3) is 0 Å². The summed E-state index contributed by atoms with van der Waals surface area (Å²) in [5.41, 5.74) is 0.955. The molecule has 0 aliphatic carbocycles. The van der Waals surface area contributed by atoms with E-state index in [4.69, 9.17) is 0 Å². The number of alkyl halides is 2. The average Bonchev–Trinajstić information content (AvgIpc) is 3.01. The molecular weight excluding hydrogens is 340 g/mol. The van der Waals surface area contributed by atoms with Gasteiger partial charge in [-0.3, -0.25) is 4.68 Å². The van der Waals surface area contributed by atoms with E-state index in [2.05, 4.69) is 14.9 Å². The van der Waals surface area contributed by atoms with Gasteiger partial charge in [-0.05, 0) is 32.8 Å². The number of aromatic nitrogens is 4. The fourth-order valence-corrected chi connectivity index (χ4v) is 4.06. The molecule has 1 atom stereocenters. The summed E-state index contributed by atoms with van der Waals surface area (Å²) < 4.78 is 55.3. The number of nitrogens with zero attached hydrogens (tertiary/aromatic N) is 4. The Hall–Kier alpha value is -1.81. The van der Waals surface area contributed by atoms with Crippen molar-refractivity contribution in [1.29, 1.82) is 0 Å². The molecule has 2 rings (SSSR count). The van der Waals surface area contributed by atoms with Gasteiger partial charge in [0.1, 0.15) is 4.90 Å². The quantitative estimate of drug-likeness (QED) is 0.818. The molecule has 0 radical (unpaired) electrons. The van der Waals surface area contributed by atoms with Crippen LogP contribution < -0.4 is 4.72 Å². The van der Waals surface area contributed by atoms with Crippen LogP contribution in [0.2, 0.25) is 0 Å². The van der Waals surface area contributed by atoms with Crippen LogP contribution in [0.5, 0.6) is 0 Å². The summed E-state index contributed by atoms with van der Waals surface area (Å²) in [5.74, 6) is -0.0240. The Morgan fingerprint density at radius 2 is 1.96 bits per heavy atom. The maximum Gasteiger partial charge on any atom is 0.333 e. The highest BCUT2D eigenvalue weighted by Gasteiger charge is 2.27. The van der Waals surface area contributed by atoms with Crippen LogP contribution in [0.4, 0.5) is 8.78 Å². The Morgan fingerprint density at radius 3 is 2.46 bits per heavy atom. The van der Waals surface area contributed by atoms with Crippen molar-refractivity contribution in [1.82, 2.24) is 24.3 Å². The minimum absolute atomic E-state index is 0.0240. The number of sulfonamides is 1. The Morgan fingerprint density at radius 1 is 1.29 bits per heavy atom. The van der Waals surface area contributed by atoms with Gasteiger partial charge < -0.3 is 0 Å². The first-order valence-corrected chi connectivity index (χ1v) is 8.93. The summed E-state index contributed by atoms with van der Waals surface area (Å²) in [6, 6.07) is 1.86. The molecule has 2 heterocycles. The highest BCUT2D eigenvalue weighted by Crippen LogP contribution is 2.23. The van der Waals surface area contributed by atoms with Crippen LogP contribution >= 0.6 is 0 Å². The van der Waals surface area contributed by atoms with Crippen LogP contribution in [0.1, 0.15) is 30.6 Å². The number of hydrogen-bond donors (Lipinski definition) is 1. The second-order valence-corrected chi connectivity index (χ2v) is 7.54. The zero-order valence-corrected chi connectivity index (χ0v) is 14.8. The number of rotatable bonds is 7. The van der Waals surface area contributed by atoms with Gasteiger partial charge in [0, 0.05) is 25.0 Å². The molecular formula is C14H21F2N5O2S. The Bertz CT molecular complexity index is 813. The highest BCUT2D eigenvalue weighted by atomic mass is 32.2. The van der Waals surface area contributed by atoms with Crippen molar-refractivity contribution in [3.05, 3.63) is 29.3 Å². The molecule has 2 aromatic heterocycles. The Balaban J connectivity index is 2.10. The van der Waals surface area contributed by atoms with Crippen LogP contribution in [-0.2, 0) is 16.6 Å². The summed E-state index contributed by atoms with van der Waals surface area (Å²) in [4.78, 5) is -0.190. The molecule has 0 aromatic carbocycles. The second-order valence-electron chi connectivity index (χ2n) is 5.83. The lowest BCUT2D eigenvalue weighted by Crippen LogP contribution is -2.31. The van der Waals surface area contributed by atoms with Crippen LogP contribution in [-0.4, -0.2) is 34.5 Å². The average molecular weight is 361 g/mol. The van der Waals surface area contributed by atoms with Gasteiger partial charge in [0.2, 0.25) is 10.0 Å². The molecule has 24 heavy (non-hydrogen) atoms. The lowest BCUT2D eigenvalue weighted by molar-refractivity contribution is 0.0538. The van der Waals surface area contributed by atoms with Crippen LogP contribution in [0, 0.1) is 26.7 Å². The first-order valence-electron chi connectivity index (χ1n) is 7.45. The van der Waals surface area contributed by atoms with E-state index < -0.39 is 16.6 Å². The molecule has 0 bridgehead atoms. The van der Waals surface area contributed by atoms with Crippen molar-refractivity contribution in [2.75, 3.05) is 6.54 Å². The van der Waals surface area contributed by atoms with E-state index in [1.165, 1.54) is 13.8 Å². The van der Waals surface area contributed by atoms with Crippen LogP contribution in [0.15, 0.2) is 17.2 Å². The Kier molecular flexibility index (Phi) is 5.38. The third-order valence-corrected chi connectivity index (χ3v) is 5.42. The maximum atomic E-state index is 12.8. The summed E-state index contributed by atoms with van der Waals surface area (Å²) in [7, 11) is -3.91. The van der Waals surface area contributed by atoms with Gasteiger partial charge in [0.25, 0.3) is 0 Å². The van der Waals surface area contributed by atoms with E-state index in [0.717, 1.165) is 5.69 Å². The first-order chi connectivity index (χ1) is 11.1. The van der Waals surface area contributed by atoms with E-state index in [9.17, 15) is 17.2 Å². The molecule has 0 aliphatic rings. The fourth-order valence-electron chi connectivity index (χ4n) is 2.50. The molecule has 0 fully saturated rings. The predicted octanol–water partition coefficient (Wildman–Crippen LogP) is 2.01. The molecule has 0 amide bonds. The number of nitrogens with one attached hydrogen (secondary N) is 1. The Labute approximate surface area is 139 Å². The fraction of sp³-hybridized carbons (Fsp3) is 0.571. The molecule has 0 saturated carbocycles. The van der Waals surface area contributed by atoms with Gasteiger partial charge in [-0.25, -0.2) is 17.8 Å². The molecule has 1 N–H and O–H groups in total. The minimum Gasteiger partial charge on any atom is -0.270 e. The molecule has 0 spiro atoms. The van der Waals surface area contributed by atoms with Crippen molar-refractivity contribution in [2.24, 2.45) is 5.92 Å². The summed E-state index contributed by atoms with van der Waals surface area (Å²) >= 11 is 0. The van der Waals surface area contributed by atoms with E-state index >= 15 is 0 Å². The molecule has 10 heteroatoms. The predicted molar refractivity (Wildman–Crippen MR) is 84.3 cm³/mol. The SMILES string of the molecule is Cc1nn(C(F)F)c(C)c1S(=O)(=O)NC[C@@H](C)Cn1nccc1C. The van der Waals surface area contributed by atoms with Crippen molar-refractivity contribution in [3.8, 4) is 0 Å². The zero-order valence-electron chi connectivity index (χ0n) is 14.0. The van der Waals surface area contributed by atoms with E-state index in [1.807, 2.05) is 19.9 Å². The summed E-state index contributed by atoms with van der Waals surface area (Å²) in [6.07, 6.45) is 1.68. The van der Waals surface area contributed by atoms with Gasteiger partial charge in [0.05, 0.1) is 11.4 Å². The smallest absolute Gasteiger partial charge is 0.270 e. The van der Waals surface area contributed by atoms with E-state index in [1.54, 1.807) is 10.9 Å². The number of hydrogen-bond acceptors (Lipinski definition) is 4. The normalized spacial score (nSPS) is 13.6. The van der Waals surface area contributed by atoms with Crippen molar-refractivity contribution in [2.45, 2.75) is 45.7 Å².